The molecule has 2 aliphatic heterocycles. The normalized spacial score (nSPS) is 16.9. The Bertz CT molecular complexity index is 942. The van der Waals surface area contributed by atoms with Crippen molar-refractivity contribution < 1.29 is 23.5 Å². The Labute approximate surface area is 181 Å². The number of benzene rings is 1. The second kappa shape index (κ2) is 9.24. The molecule has 4 rings (SSSR count). The number of esters is 1. The summed E-state index contributed by atoms with van der Waals surface area (Å²) in [6, 6.07) is 8.63. The van der Waals surface area contributed by atoms with E-state index in [1.165, 1.54) is 13.4 Å². The molecule has 1 N–H and O–H groups in total. The summed E-state index contributed by atoms with van der Waals surface area (Å²) in [5, 5.41) is 3.04. The van der Waals surface area contributed by atoms with Crippen molar-refractivity contribution in [3.05, 3.63) is 47.9 Å². The summed E-state index contributed by atoms with van der Waals surface area (Å²) in [6.07, 6.45) is 4.85. The highest BCUT2D eigenvalue weighted by Crippen LogP contribution is 2.31. The van der Waals surface area contributed by atoms with Crippen LogP contribution < -0.4 is 10.2 Å². The zero-order chi connectivity index (χ0) is 21.8. The summed E-state index contributed by atoms with van der Waals surface area (Å²) in [5.41, 5.74) is 1.95. The van der Waals surface area contributed by atoms with E-state index in [1.807, 2.05) is 6.07 Å². The van der Waals surface area contributed by atoms with Crippen molar-refractivity contribution in [1.82, 2.24) is 4.90 Å². The number of furan rings is 1. The van der Waals surface area contributed by atoms with Crippen LogP contribution in [0.1, 0.15) is 46.6 Å². The van der Waals surface area contributed by atoms with Crippen LogP contribution in [0.2, 0.25) is 0 Å². The topological polar surface area (TPSA) is 92.1 Å². The van der Waals surface area contributed by atoms with Crippen LogP contribution in [-0.4, -0.2) is 56.0 Å². The van der Waals surface area contributed by atoms with Gasteiger partial charge in [0.15, 0.2) is 5.76 Å². The van der Waals surface area contributed by atoms with E-state index >= 15 is 0 Å². The molecule has 3 heterocycles. The number of nitrogens with zero attached hydrogens (tertiary/aromatic N) is 2. The Hall–Kier alpha value is -3.29. The van der Waals surface area contributed by atoms with Crippen LogP contribution in [0.3, 0.4) is 0 Å². The molecule has 0 radical (unpaired) electrons. The van der Waals surface area contributed by atoms with Gasteiger partial charge in [0.05, 0.1) is 30.3 Å². The van der Waals surface area contributed by atoms with Crippen molar-refractivity contribution in [2.75, 3.05) is 43.5 Å². The predicted octanol–water partition coefficient (Wildman–Crippen LogP) is 3.16. The molecule has 0 aliphatic carbocycles. The maximum absolute atomic E-state index is 13.0. The minimum absolute atomic E-state index is 0.0902. The molecular formula is C23H27N3O5. The van der Waals surface area contributed by atoms with Crippen molar-refractivity contribution in [2.45, 2.75) is 25.7 Å². The van der Waals surface area contributed by atoms with E-state index in [0.29, 0.717) is 42.9 Å². The lowest BCUT2D eigenvalue weighted by molar-refractivity contribution is -0.121. The molecule has 2 amide bonds. The second-order valence-corrected chi connectivity index (χ2v) is 7.95. The third-order valence-corrected chi connectivity index (χ3v) is 6.01. The molecule has 0 atom stereocenters. The van der Waals surface area contributed by atoms with E-state index in [9.17, 15) is 14.4 Å². The molecular weight excluding hydrogens is 398 g/mol. The van der Waals surface area contributed by atoms with E-state index in [4.69, 9.17) is 9.15 Å². The van der Waals surface area contributed by atoms with Crippen molar-refractivity contribution in [2.24, 2.45) is 5.92 Å². The summed E-state index contributed by atoms with van der Waals surface area (Å²) in [5.74, 6) is -0.557. The van der Waals surface area contributed by atoms with Gasteiger partial charge in [0.25, 0.3) is 5.91 Å². The molecule has 2 fully saturated rings. The smallest absolute Gasteiger partial charge is 0.337 e. The van der Waals surface area contributed by atoms with Crippen molar-refractivity contribution in [3.8, 4) is 0 Å². The Morgan fingerprint density at radius 2 is 1.81 bits per heavy atom. The van der Waals surface area contributed by atoms with Crippen LogP contribution in [0.15, 0.2) is 41.0 Å². The quantitative estimate of drug-likeness (QED) is 0.740. The molecule has 0 unspecified atom stereocenters. The average molecular weight is 425 g/mol. The molecule has 0 bridgehead atoms. The van der Waals surface area contributed by atoms with Crippen LogP contribution in [0, 0.1) is 5.92 Å². The molecule has 0 spiro atoms. The van der Waals surface area contributed by atoms with Crippen molar-refractivity contribution >= 4 is 29.2 Å². The molecule has 164 valence electrons. The molecule has 2 aliphatic rings. The maximum Gasteiger partial charge on any atom is 0.337 e. The van der Waals surface area contributed by atoms with Gasteiger partial charge in [0.2, 0.25) is 5.91 Å². The number of carbonyl (C=O) groups is 3. The number of ether oxygens (including phenoxy) is 1. The highest BCUT2D eigenvalue weighted by atomic mass is 16.5. The number of anilines is 2. The fourth-order valence-corrected chi connectivity index (χ4v) is 4.25. The molecule has 2 aromatic rings. The monoisotopic (exact) mass is 425 g/mol. The number of likely N-dealkylation sites (tertiary alicyclic amines) is 1. The third-order valence-electron chi connectivity index (χ3n) is 6.01. The van der Waals surface area contributed by atoms with Crippen molar-refractivity contribution in [3.63, 3.8) is 0 Å². The van der Waals surface area contributed by atoms with E-state index in [2.05, 4.69) is 10.2 Å². The van der Waals surface area contributed by atoms with Crippen LogP contribution in [-0.2, 0) is 9.53 Å². The molecule has 31 heavy (non-hydrogen) atoms. The first-order valence-corrected chi connectivity index (χ1v) is 10.7. The highest BCUT2D eigenvalue weighted by molar-refractivity contribution is 5.99. The highest BCUT2D eigenvalue weighted by Gasteiger charge is 2.29. The van der Waals surface area contributed by atoms with Crippen LogP contribution in [0.5, 0.6) is 0 Å². The number of rotatable bonds is 5. The lowest BCUT2D eigenvalue weighted by Gasteiger charge is -2.31. The number of hydrogen-bond acceptors (Lipinski definition) is 6. The summed E-state index contributed by atoms with van der Waals surface area (Å²) < 4.78 is 10.0. The first-order valence-electron chi connectivity index (χ1n) is 10.7. The number of piperidine rings is 1. The van der Waals surface area contributed by atoms with Gasteiger partial charge in [-0.2, -0.15) is 0 Å². The summed E-state index contributed by atoms with van der Waals surface area (Å²) >= 11 is 0. The first kappa shape index (κ1) is 21.0. The van der Waals surface area contributed by atoms with Crippen LogP contribution in [0.4, 0.5) is 11.4 Å². The first-order chi connectivity index (χ1) is 15.1. The van der Waals surface area contributed by atoms with Gasteiger partial charge in [-0.05, 0) is 56.0 Å². The van der Waals surface area contributed by atoms with Gasteiger partial charge < -0.3 is 24.3 Å². The Kier molecular flexibility index (Phi) is 6.25. The van der Waals surface area contributed by atoms with Crippen molar-refractivity contribution in [1.29, 1.82) is 0 Å². The zero-order valence-corrected chi connectivity index (χ0v) is 17.6. The largest absolute Gasteiger partial charge is 0.465 e. The van der Waals surface area contributed by atoms with E-state index in [0.717, 1.165) is 31.6 Å². The molecule has 1 aromatic carbocycles. The van der Waals surface area contributed by atoms with Gasteiger partial charge in [-0.15, -0.1) is 0 Å². The minimum atomic E-state index is -0.437. The molecule has 0 saturated carbocycles. The number of carbonyl (C=O) groups excluding carboxylic acids is 3. The second-order valence-electron chi connectivity index (χ2n) is 7.95. The lowest BCUT2D eigenvalue weighted by atomic mass is 9.95. The maximum atomic E-state index is 13.0. The molecule has 1 aromatic heterocycles. The Morgan fingerprint density at radius 3 is 2.45 bits per heavy atom. The lowest BCUT2D eigenvalue weighted by Crippen LogP contribution is -2.41. The van der Waals surface area contributed by atoms with Gasteiger partial charge >= 0.3 is 5.97 Å². The average Bonchev–Trinajstić information content (AvgIpc) is 3.52. The van der Waals surface area contributed by atoms with Gasteiger partial charge in [-0.25, -0.2) is 4.79 Å². The fraction of sp³-hybridized carbons (Fsp3) is 0.435. The van der Waals surface area contributed by atoms with Gasteiger partial charge in [0.1, 0.15) is 0 Å². The summed E-state index contributed by atoms with van der Waals surface area (Å²) in [7, 11) is 1.34. The summed E-state index contributed by atoms with van der Waals surface area (Å²) in [6.45, 7) is 2.85. The SMILES string of the molecule is COC(=O)c1ccc(N2CCCC2)c(NC(=O)C2CCN(C(=O)c3ccco3)CC2)c1. The zero-order valence-electron chi connectivity index (χ0n) is 17.6. The van der Waals surface area contributed by atoms with Crippen LogP contribution >= 0.6 is 0 Å². The predicted molar refractivity (Wildman–Crippen MR) is 115 cm³/mol. The van der Waals surface area contributed by atoms with Gasteiger partial charge in [-0.1, -0.05) is 0 Å². The van der Waals surface area contributed by atoms with Crippen LogP contribution in [0.25, 0.3) is 0 Å². The fourth-order valence-electron chi connectivity index (χ4n) is 4.25. The number of amides is 2. The number of nitrogens with one attached hydrogen (secondary N) is 1. The Balaban J connectivity index is 1.44. The third kappa shape index (κ3) is 4.57. The molecule has 8 heteroatoms. The number of hydrogen-bond donors (Lipinski definition) is 1. The number of methoxy groups -OCH3 is 1. The summed E-state index contributed by atoms with van der Waals surface area (Å²) in [4.78, 5) is 41.4. The van der Waals surface area contributed by atoms with Gasteiger partial charge in [-0.3, -0.25) is 9.59 Å². The van der Waals surface area contributed by atoms with E-state index in [1.54, 1.807) is 29.2 Å². The van der Waals surface area contributed by atoms with E-state index < -0.39 is 5.97 Å². The standard InChI is InChI=1S/C23H27N3O5/c1-30-23(29)17-6-7-19(25-10-2-3-11-25)18(15-17)24-21(27)16-8-12-26(13-9-16)22(28)20-5-4-14-31-20/h4-7,14-16H,2-3,8-13H2,1H3,(H,24,27). The van der Waals surface area contributed by atoms with E-state index in [-0.39, 0.29) is 17.7 Å². The molecule has 2 saturated heterocycles. The Morgan fingerprint density at radius 1 is 1.06 bits per heavy atom. The minimum Gasteiger partial charge on any atom is -0.465 e. The molecule has 8 nitrogen and oxygen atoms in total. The van der Waals surface area contributed by atoms with Gasteiger partial charge in [0, 0.05) is 32.1 Å².